The molecule has 0 amide bonds. The number of rotatable bonds is 8. The molecule has 1 aromatic carbocycles. The quantitative estimate of drug-likeness (QED) is 0.642. The van der Waals surface area contributed by atoms with Crippen LogP contribution in [-0.2, 0) is 24.8 Å². The van der Waals surface area contributed by atoms with Gasteiger partial charge in [-0.05, 0) is 43.5 Å². The summed E-state index contributed by atoms with van der Waals surface area (Å²) in [6.45, 7) is 0.962. The van der Waals surface area contributed by atoms with Gasteiger partial charge in [-0.3, -0.25) is 4.79 Å². The van der Waals surface area contributed by atoms with Gasteiger partial charge in [0.25, 0.3) is 0 Å². The molecule has 0 unspecified atom stereocenters. The van der Waals surface area contributed by atoms with Crippen LogP contribution < -0.4 is 4.72 Å². The van der Waals surface area contributed by atoms with E-state index in [-0.39, 0.29) is 29.2 Å². The molecule has 0 aliphatic carbocycles. The van der Waals surface area contributed by atoms with E-state index in [0.29, 0.717) is 13.1 Å². The van der Waals surface area contributed by atoms with Gasteiger partial charge in [0.05, 0.1) is 9.79 Å². The molecule has 0 bridgehead atoms. The molecule has 10 heteroatoms. The van der Waals surface area contributed by atoms with Crippen LogP contribution >= 0.6 is 0 Å². The Labute approximate surface area is 141 Å². The van der Waals surface area contributed by atoms with E-state index in [9.17, 15) is 21.6 Å². The van der Waals surface area contributed by atoms with Gasteiger partial charge in [0.1, 0.15) is 0 Å². The molecule has 2 rings (SSSR count). The lowest BCUT2D eigenvalue weighted by Gasteiger charge is -2.15. The molecular formula is C14H20N2O6S2. The molecule has 1 heterocycles. The molecule has 0 spiro atoms. The number of hydrogen-bond donors (Lipinski definition) is 2. The number of nitrogens with one attached hydrogen (secondary N) is 1. The monoisotopic (exact) mass is 376 g/mol. The van der Waals surface area contributed by atoms with Crippen molar-refractivity contribution in [2.45, 2.75) is 35.5 Å². The van der Waals surface area contributed by atoms with E-state index >= 15 is 0 Å². The topological polar surface area (TPSA) is 121 Å². The standard InChI is InChI=1S/C14H20N2O6S2/c17-14(18)4-3-9-15-23(19,20)12-5-7-13(8-6-12)24(21,22)16-10-1-2-11-16/h5-8,15H,1-4,9-11H2,(H,17,18). The Morgan fingerprint density at radius 3 is 2.12 bits per heavy atom. The molecule has 24 heavy (non-hydrogen) atoms. The second-order valence-electron chi connectivity index (χ2n) is 5.48. The number of carboxylic acid groups (broad SMARTS) is 1. The fourth-order valence-electron chi connectivity index (χ4n) is 2.40. The first-order valence-corrected chi connectivity index (χ1v) is 10.5. The molecule has 0 atom stereocenters. The third-order valence-electron chi connectivity index (χ3n) is 3.70. The minimum Gasteiger partial charge on any atom is -0.481 e. The Kier molecular flexibility index (Phi) is 5.97. The lowest BCUT2D eigenvalue weighted by Crippen LogP contribution is -2.28. The number of carbonyl (C=O) groups is 1. The van der Waals surface area contributed by atoms with Gasteiger partial charge in [-0.2, -0.15) is 4.31 Å². The van der Waals surface area contributed by atoms with Crippen molar-refractivity contribution < 1.29 is 26.7 Å². The second kappa shape index (κ2) is 7.60. The SMILES string of the molecule is O=C(O)CCCNS(=O)(=O)c1ccc(S(=O)(=O)N2CCCC2)cc1. The maximum Gasteiger partial charge on any atom is 0.303 e. The summed E-state index contributed by atoms with van der Waals surface area (Å²) < 4.78 is 52.6. The summed E-state index contributed by atoms with van der Waals surface area (Å²) in [4.78, 5) is 10.4. The van der Waals surface area contributed by atoms with Crippen molar-refractivity contribution in [1.29, 1.82) is 0 Å². The van der Waals surface area contributed by atoms with Gasteiger partial charge in [-0.25, -0.2) is 21.6 Å². The number of benzene rings is 1. The predicted molar refractivity (Wildman–Crippen MR) is 86.5 cm³/mol. The van der Waals surface area contributed by atoms with Gasteiger partial charge in [-0.15, -0.1) is 0 Å². The lowest BCUT2D eigenvalue weighted by atomic mass is 10.3. The third-order valence-corrected chi connectivity index (χ3v) is 7.09. The lowest BCUT2D eigenvalue weighted by molar-refractivity contribution is -0.137. The van der Waals surface area contributed by atoms with Crippen molar-refractivity contribution in [2.24, 2.45) is 0 Å². The first-order chi connectivity index (χ1) is 11.2. The molecule has 1 fully saturated rings. The van der Waals surface area contributed by atoms with Gasteiger partial charge in [0, 0.05) is 26.1 Å². The molecule has 1 aliphatic heterocycles. The Morgan fingerprint density at radius 2 is 1.58 bits per heavy atom. The summed E-state index contributed by atoms with van der Waals surface area (Å²) >= 11 is 0. The normalized spacial score (nSPS) is 16.3. The molecule has 8 nitrogen and oxygen atoms in total. The van der Waals surface area contributed by atoms with Crippen LogP contribution in [0.15, 0.2) is 34.1 Å². The number of carboxylic acids is 1. The smallest absolute Gasteiger partial charge is 0.303 e. The molecular weight excluding hydrogens is 356 g/mol. The highest BCUT2D eigenvalue weighted by Gasteiger charge is 2.27. The molecule has 0 radical (unpaired) electrons. The highest BCUT2D eigenvalue weighted by molar-refractivity contribution is 7.89. The number of nitrogens with zero attached hydrogens (tertiary/aromatic N) is 1. The van der Waals surface area contributed by atoms with E-state index in [1.165, 1.54) is 28.6 Å². The van der Waals surface area contributed by atoms with Gasteiger partial charge in [0.2, 0.25) is 20.0 Å². The van der Waals surface area contributed by atoms with Gasteiger partial charge in [0.15, 0.2) is 0 Å². The predicted octanol–water partition coefficient (Wildman–Crippen LogP) is 0.614. The van der Waals surface area contributed by atoms with Crippen molar-refractivity contribution in [3.8, 4) is 0 Å². The molecule has 134 valence electrons. The summed E-state index contributed by atoms with van der Waals surface area (Å²) in [5.41, 5.74) is 0. The highest BCUT2D eigenvalue weighted by Crippen LogP contribution is 2.22. The van der Waals surface area contributed by atoms with Crippen molar-refractivity contribution in [2.75, 3.05) is 19.6 Å². The molecule has 1 aliphatic rings. The van der Waals surface area contributed by atoms with Crippen LogP contribution in [-0.4, -0.2) is 51.9 Å². The number of hydrogen-bond acceptors (Lipinski definition) is 5. The largest absolute Gasteiger partial charge is 0.481 e. The van der Waals surface area contributed by atoms with Gasteiger partial charge >= 0.3 is 5.97 Å². The van der Waals surface area contributed by atoms with Crippen molar-refractivity contribution >= 4 is 26.0 Å². The van der Waals surface area contributed by atoms with E-state index in [0.717, 1.165) is 12.8 Å². The minimum atomic E-state index is -3.79. The summed E-state index contributed by atoms with van der Waals surface area (Å²) in [7, 11) is -7.37. The molecule has 0 aromatic heterocycles. The van der Waals surface area contributed by atoms with Crippen LogP contribution in [0.4, 0.5) is 0 Å². The van der Waals surface area contributed by atoms with E-state index in [2.05, 4.69) is 4.72 Å². The van der Waals surface area contributed by atoms with Crippen LogP contribution in [0.1, 0.15) is 25.7 Å². The van der Waals surface area contributed by atoms with Crippen LogP contribution in [0, 0.1) is 0 Å². The summed E-state index contributed by atoms with van der Waals surface area (Å²) in [5, 5.41) is 8.52. The van der Waals surface area contributed by atoms with Crippen molar-refractivity contribution in [3.05, 3.63) is 24.3 Å². The molecule has 0 saturated carbocycles. The zero-order valence-electron chi connectivity index (χ0n) is 13.0. The first-order valence-electron chi connectivity index (χ1n) is 7.55. The zero-order chi connectivity index (χ0) is 17.8. The van der Waals surface area contributed by atoms with Crippen LogP contribution in [0.2, 0.25) is 0 Å². The zero-order valence-corrected chi connectivity index (χ0v) is 14.6. The van der Waals surface area contributed by atoms with Crippen molar-refractivity contribution in [3.63, 3.8) is 0 Å². The third kappa shape index (κ3) is 4.53. The summed E-state index contributed by atoms with van der Waals surface area (Å²) in [6, 6.07) is 5.03. The maximum atomic E-state index is 12.4. The molecule has 1 saturated heterocycles. The maximum absolute atomic E-state index is 12.4. The average molecular weight is 376 g/mol. The second-order valence-corrected chi connectivity index (χ2v) is 9.18. The highest BCUT2D eigenvalue weighted by atomic mass is 32.2. The Hall–Kier alpha value is -1.49. The Bertz CT molecular complexity index is 781. The molecule has 1 aromatic rings. The first kappa shape index (κ1) is 18.8. The Morgan fingerprint density at radius 1 is 1.04 bits per heavy atom. The summed E-state index contributed by atoms with van der Waals surface area (Å²) in [6.07, 6.45) is 1.70. The Balaban J connectivity index is 2.06. The average Bonchev–Trinajstić information content (AvgIpc) is 3.07. The number of sulfonamides is 2. The number of aliphatic carboxylic acids is 1. The van der Waals surface area contributed by atoms with Crippen molar-refractivity contribution in [1.82, 2.24) is 9.03 Å². The van der Waals surface area contributed by atoms with Crippen LogP contribution in [0.25, 0.3) is 0 Å². The van der Waals surface area contributed by atoms with E-state index in [1.807, 2.05) is 0 Å². The van der Waals surface area contributed by atoms with Crippen LogP contribution in [0.5, 0.6) is 0 Å². The van der Waals surface area contributed by atoms with Gasteiger partial charge < -0.3 is 5.11 Å². The minimum absolute atomic E-state index is 0.00244. The fraction of sp³-hybridized carbons (Fsp3) is 0.500. The fourth-order valence-corrected chi connectivity index (χ4v) is 4.99. The van der Waals surface area contributed by atoms with E-state index in [4.69, 9.17) is 5.11 Å². The van der Waals surface area contributed by atoms with Crippen LogP contribution in [0.3, 0.4) is 0 Å². The van der Waals surface area contributed by atoms with Gasteiger partial charge in [-0.1, -0.05) is 0 Å². The summed E-state index contributed by atoms with van der Waals surface area (Å²) in [5.74, 6) is -0.995. The molecule has 2 N–H and O–H groups in total. The van der Waals surface area contributed by atoms with E-state index < -0.39 is 26.0 Å². The van der Waals surface area contributed by atoms with E-state index in [1.54, 1.807) is 0 Å².